The van der Waals surface area contributed by atoms with Crippen LogP contribution in [-0.4, -0.2) is 36.1 Å². The molecule has 0 atom stereocenters. The Kier molecular flexibility index (Phi) is 16.9. The van der Waals surface area contributed by atoms with E-state index in [1.54, 1.807) is 19.2 Å². The monoisotopic (exact) mass is 358 g/mol. The van der Waals surface area contributed by atoms with Crippen molar-refractivity contribution in [2.24, 2.45) is 0 Å². The van der Waals surface area contributed by atoms with Crippen molar-refractivity contribution in [1.82, 2.24) is 10.2 Å². The standard InChI is InChI=1S/C11H15NO.C7H13NO.C4H6/c1-3-12(4-2)11(13)10-8-6-5-7-9-10;1-4-5-7(9)6(2)8-3;1-3-4-2/h5-9H,3-4H2,1-2H3;4-5,8-9H,1-3H3;1-2H3/b;5-4-,7-6-;. The topological polar surface area (TPSA) is 52.6 Å². The van der Waals surface area contributed by atoms with Gasteiger partial charge in [-0.25, -0.2) is 0 Å². The van der Waals surface area contributed by atoms with Crippen LogP contribution >= 0.6 is 0 Å². The lowest BCUT2D eigenvalue weighted by Gasteiger charge is -2.18. The molecule has 0 aromatic heterocycles. The number of nitrogens with zero attached hydrogens (tertiary/aromatic N) is 1. The number of allylic oxidation sites excluding steroid dienone is 3. The van der Waals surface area contributed by atoms with Gasteiger partial charge in [0, 0.05) is 31.4 Å². The fraction of sp³-hybridized carbons (Fsp3) is 0.409. The summed E-state index contributed by atoms with van der Waals surface area (Å²) >= 11 is 0. The Hall–Kier alpha value is -2.67. The van der Waals surface area contributed by atoms with Crippen LogP contribution < -0.4 is 5.32 Å². The first kappa shape index (κ1) is 25.6. The molecule has 0 fully saturated rings. The fourth-order valence-electron chi connectivity index (χ4n) is 1.69. The van der Waals surface area contributed by atoms with Crippen molar-refractivity contribution in [2.75, 3.05) is 20.1 Å². The number of carbonyl (C=O) groups excluding carboxylic acids is 1. The zero-order chi connectivity index (χ0) is 20.4. The highest BCUT2D eigenvalue weighted by Crippen LogP contribution is 2.03. The lowest BCUT2D eigenvalue weighted by atomic mass is 10.2. The second-order valence-corrected chi connectivity index (χ2v) is 5.10. The molecule has 1 aromatic carbocycles. The molecule has 0 radical (unpaired) electrons. The third-order valence-corrected chi connectivity index (χ3v) is 3.41. The van der Waals surface area contributed by atoms with Crippen LogP contribution in [0, 0.1) is 11.8 Å². The van der Waals surface area contributed by atoms with Crippen molar-refractivity contribution < 1.29 is 9.90 Å². The van der Waals surface area contributed by atoms with Crippen molar-refractivity contribution >= 4 is 5.91 Å². The van der Waals surface area contributed by atoms with E-state index in [9.17, 15) is 4.79 Å². The third kappa shape index (κ3) is 11.8. The summed E-state index contributed by atoms with van der Waals surface area (Å²) in [6.45, 7) is 12.8. The zero-order valence-electron chi connectivity index (χ0n) is 17.3. The van der Waals surface area contributed by atoms with Crippen molar-refractivity contribution in [3.63, 3.8) is 0 Å². The van der Waals surface area contributed by atoms with E-state index in [0.717, 1.165) is 24.4 Å². The summed E-state index contributed by atoms with van der Waals surface area (Å²) in [7, 11) is 1.77. The van der Waals surface area contributed by atoms with E-state index < -0.39 is 0 Å². The Balaban J connectivity index is 0. The SMILES string of the molecule is C/C=C\C(O)=C(/C)NC.CC#CC.CCN(CC)C(=O)c1ccccc1. The van der Waals surface area contributed by atoms with Gasteiger partial charge in [-0.2, -0.15) is 0 Å². The minimum absolute atomic E-state index is 0.116. The van der Waals surface area contributed by atoms with Gasteiger partial charge in [0.05, 0.1) is 0 Å². The van der Waals surface area contributed by atoms with Gasteiger partial charge in [0.15, 0.2) is 0 Å². The number of hydrogen-bond acceptors (Lipinski definition) is 3. The highest BCUT2D eigenvalue weighted by molar-refractivity contribution is 5.94. The lowest BCUT2D eigenvalue weighted by molar-refractivity contribution is 0.0773. The van der Waals surface area contributed by atoms with Crippen LogP contribution in [0.1, 0.15) is 51.9 Å². The molecule has 4 heteroatoms. The molecule has 1 amide bonds. The quantitative estimate of drug-likeness (QED) is 0.453. The van der Waals surface area contributed by atoms with Crippen LogP contribution in [0.2, 0.25) is 0 Å². The summed E-state index contributed by atoms with van der Waals surface area (Å²) in [4.78, 5) is 13.5. The van der Waals surface area contributed by atoms with Gasteiger partial charge >= 0.3 is 0 Å². The molecule has 1 rings (SSSR count). The second kappa shape index (κ2) is 17.2. The highest BCUT2D eigenvalue weighted by atomic mass is 16.3. The molecule has 0 spiro atoms. The summed E-state index contributed by atoms with van der Waals surface area (Å²) < 4.78 is 0. The number of aliphatic hydroxyl groups is 1. The van der Waals surface area contributed by atoms with E-state index in [0.29, 0.717) is 5.76 Å². The van der Waals surface area contributed by atoms with Gasteiger partial charge in [0.25, 0.3) is 5.91 Å². The third-order valence-electron chi connectivity index (χ3n) is 3.41. The number of carbonyl (C=O) groups is 1. The summed E-state index contributed by atoms with van der Waals surface area (Å²) in [5.41, 5.74) is 1.55. The van der Waals surface area contributed by atoms with E-state index >= 15 is 0 Å². The second-order valence-electron chi connectivity index (χ2n) is 5.10. The van der Waals surface area contributed by atoms with Crippen molar-refractivity contribution in [3.8, 4) is 11.8 Å². The Morgan fingerprint density at radius 1 is 1.15 bits per heavy atom. The van der Waals surface area contributed by atoms with Crippen LogP contribution in [0.25, 0.3) is 0 Å². The molecule has 144 valence electrons. The van der Waals surface area contributed by atoms with Gasteiger partial charge in [-0.1, -0.05) is 24.3 Å². The molecule has 0 saturated heterocycles. The summed E-state index contributed by atoms with van der Waals surface area (Å²) in [6.07, 6.45) is 3.43. The van der Waals surface area contributed by atoms with Gasteiger partial charge in [0.2, 0.25) is 0 Å². The predicted molar refractivity (Wildman–Crippen MR) is 112 cm³/mol. The zero-order valence-corrected chi connectivity index (χ0v) is 17.3. The molecular formula is C22H34N2O2. The summed E-state index contributed by atoms with van der Waals surface area (Å²) in [6, 6.07) is 9.38. The minimum atomic E-state index is 0.116. The number of benzene rings is 1. The van der Waals surface area contributed by atoms with Crippen LogP contribution in [-0.2, 0) is 0 Å². The maximum Gasteiger partial charge on any atom is 0.253 e. The number of aliphatic hydroxyl groups excluding tert-OH is 1. The van der Waals surface area contributed by atoms with E-state index in [2.05, 4.69) is 17.2 Å². The minimum Gasteiger partial charge on any atom is -0.506 e. The molecule has 0 aliphatic heterocycles. The van der Waals surface area contributed by atoms with Crippen molar-refractivity contribution in [3.05, 3.63) is 59.5 Å². The van der Waals surface area contributed by atoms with Gasteiger partial charge in [-0.3, -0.25) is 4.79 Å². The smallest absolute Gasteiger partial charge is 0.253 e. The van der Waals surface area contributed by atoms with Crippen LogP contribution in [0.5, 0.6) is 0 Å². The molecule has 0 unspecified atom stereocenters. The highest BCUT2D eigenvalue weighted by Gasteiger charge is 2.10. The molecule has 4 nitrogen and oxygen atoms in total. The maximum absolute atomic E-state index is 11.7. The summed E-state index contributed by atoms with van der Waals surface area (Å²) in [5.74, 6) is 5.77. The number of amides is 1. The fourth-order valence-corrected chi connectivity index (χ4v) is 1.69. The van der Waals surface area contributed by atoms with Crippen LogP contribution in [0.4, 0.5) is 0 Å². The van der Waals surface area contributed by atoms with Crippen LogP contribution in [0.3, 0.4) is 0 Å². The lowest BCUT2D eigenvalue weighted by Crippen LogP contribution is -2.30. The Bertz CT molecular complexity index is 598. The first-order valence-electron chi connectivity index (χ1n) is 8.81. The largest absolute Gasteiger partial charge is 0.506 e. The average molecular weight is 359 g/mol. The van der Waals surface area contributed by atoms with E-state index in [1.165, 1.54) is 0 Å². The van der Waals surface area contributed by atoms with Gasteiger partial charge < -0.3 is 15.3 Å². The molecule has 0 saturated carbocycles. The van der Waals surface area contributed by atoms with E-state index in [1.807, 2.05) is 76.8 Å². The molecule has 0 aliphatic rings. The van der Waals surface area contributed by atoms with Crippen molar-refractivity contribution in [1.29, 1.82) is 0 Å². The Morgan fingerprint density at radius 2 is 1.65 bits per heavy atom. The number of nitrogens with one attached hydrogen (secondary N) is 1. The molecule has 26 heavy (non-hydrogen) atoms. The first-order chi connectivity index (χ1) is 12.4. The molecule has 1 aromatic rings. The normalized spacial score (nSPS) is 10.1. The number of hydrogen-bond donors (Lipinski definition) is 2. The average Bonchev–Trinajstić information content (AvgIpc) is 2.69. The molecular weight excluding hydrogens is 324 g/mol. The maximum atomic E-state index is 11.7. The Morgan fingerprint density at radius 3 is 2.00 bits per heavy atom. The first-order valence-corrected chi connectivity index (χ1v) is 8.81. The molecule has 0 aliphatic carbocycles. The van der Waals surface area contributed by atoms with E-state index in [4.69, 9.17) is 5.11 Å². The summed E-state index contributed by atoms with van der Waals surface area (Å²) in [5, 5.41) is 11.9. The molecule has 0 bridgehead atoms. The molecule has 0 heterocycles. The van der Waals surface area contributed by atoms with Crippen molar-refractivity contribution in [2.45, 2.75) is 41.5 Å². The van der Waals surface area contributed by atoms with Gasteiger partial charge in [-0.05, 0) is 59.8 Å². The van der Waals surface area contributed by atoms with Crippen LogP contribution in [0.15, 0.2) is 53.9 Å². The predicted octanol–water partition coefficient (Wildman–Crippen LogP) is 4.77. The number of rotatable bonds is 5. The van der Waals surface area contributed by atoms with Gasteiger partial charge in [-0.15, -0.1) is 11.8 Å². The molecule has 2 N–H and O–H groups in total. The Labute approximate surface area is 159 Å². The van der Waals surface area contributed by atoms with Gasteiger partial charge in [0.1, 0.15) is 5.76 Å². The van der Waals surface area contributed by atoms with E-state index in [-0.39, 0.29) is 5.91 Å².